The van der Waals surface area contributed by atoms with Gasteiger partial charge in [-0.15, -0.1) is 11.6 Å². The second kappa shape index (κ2) is 5.86. The van der Waals surface area contributed by atoms with Crippen molar-refractivity contribution in [2.75, 3.05) is 0 Å². The molecule has 19 heavy (non-hydrogen) atoms. The van der Waals surface area contributed by atoms with Crippen molar-refractivity contribution in [2.45, 2.75) is 5.88 Å². The third-order valence-corrected chi connectivity index (χ3v) is 2.81. The van der Waals surface area contributed by atoms with Gasteiger partial charge >= 0.3 is 5.69 Å². The van der Waals surface area contributed by atoms with Crippen LogP contribution in [0, 0.1) is 10.1 Å². The first-order valence-corrected chi connectivity index (χ1v) is 6.13. The van der Waals surface area contributed by atoms with E-state index in [0.29, 0.717) is 10.8 Å². The molecule has 0 spiro atoms. The summed E-state index contributed by atoms with van der Waals surface area (Å²) >= 11 is 11.5. The highest BCUT2D eigenvalue weighted by Gasteiger charge is 2.16. The molecular formula is C12H8Cl2N2O3. The molecule has 0 saturated carbocycles. The number of hydrogen-bond acceptors (Lipinski definition) is 4. The monoisotopic (exact) mass is 298 g/mol. The molecule has 1 aromatic heterocycles. The second-order valence-electron chi connectivity index (χ2n) is 3.63. The number of alkyl halides is 1. The Morgan fingerprint density at radius 3 is 2.79 bits per heavy atom. The number of nitro groups is 1. The molecule has 0 atom stereocenters. The highest BCUT2D eigenvalue weighted by Crippen LogP contribution is 2.33. The van der Waals surface area contributed by atoms with Crippen LogP contribution in [0.25, 0.3) is 0 Å². The Bertz CT molecular complexity index is 620. The van der Waals surface area contributed by atoms with Crippen LogP contribution in [0.15, 0.2) is 36.7 Å². The van der Waals surface area contributed by atoms with E-state index in [-0.39, 0.29) is 17.3 Å². The summed E-state index contributed by atoms with van der Waals surface area (Å²) in [4.78, 5) is 14.3. The van der Waals surface area contributed by atoms with Crippen molar-refractivity contribution in [3.05, 3.63) is 57.4 Å². The lowest BCUT2D eigenvalue weighted by Gasteiger charge is -2.07. The Balaban J connectivity index is 2.36. The standard InChI is InChI=1S/C12H8Cl2N2O3/c13-5-8-3-10(7-15-6-8)19-12-4-9(14)1-2-11(12)16(17)18/h1-4,6-7H,5H2. The predicted molar refractivity (Wildman–Crippen MR) is 72.0 cm³/mol. The molecule has 0 unspecified atom stereocenters. The number of nitrogens with zero attached hydrogens (tertiary/aromatic N) is 2. The fourth-order valence-electron chi connectivity index (χ4n) is 1.44. The maximum Gasteiger partial charge on any atom is 0.311 e. The Labute approximate surface area is 118 Å². The van der Waals surface area contributed by atoms with Gasteiger partial charge in [0, 0.05) is 29.2 Å². The number of aromatic nitrogens is 1. The number of nitro benzene ring substituents is 1. The van der Waals surface area contributed by atoms with E-state index in [1.54, 1.807) is 12.3 Å². The molecular weight excluding hydrogens is 291 g/mol. The summed E-state index contributed by atoms with van der Waals surface area (Å²) in [5.74, 6) is 0.705. The summed E-state index contributed by atoms with van der Waals surface area (Å²) in [6.45, 7) is 0. The minimum atomic E-state index is -0.537. The maximum absolute atomic E-state index is 10.9. The molecule has 0 saturated heterocycles. The largest absolute Gasteiger partial charge is 0.448 e. The van der Waals surface area contributed by atoms with Crippen LogP contribution in [0.5, 0.6) is 11.5 Å². The van der Waals surface area contributed by atoms with Crippen LogP contribution < -0.4 is 4.74 Å². The van der Waals surface area contributed by atoms with Crippen molar-refractivity contribution >= 4 is 28.9 Å². The molecule has 1 heterocycles. The summed E-state index contributed by atoms with van der Waals surface area (Å²) in [5.41, 5.74) is 0.588. The van der Waals surface area contributed by atoms with Gasteiger partial charge in [0.25, 0.3) is 0 Å². The average molecular weight is 299 g/mol. The molecule has 5 nitrogen and oxygen atoms in total. The van der Waals surface area contributed by atoms with Crippen LogP contribution in [0.4, 0.5) is 5.69 Å². The van der Waals surface area contributed by atoms with Gasteiger partial charge in [-0.25, -0.2) is 0 Å². The average Bonchev–Trinajstić information content (AvgIpc) is 2.38. The number of ether oxygens (including phenoxy) is 1. The SMILES string of the molecule is O=[N+]([O-])c1ccc(Cl)cc1Oc1cncc(CCl)c1. The molecule has 2 rings (SSSR count). The summed E-state index contributed by atoms with van der Waals surface area (Å²) in [6.07, 6.45) is 3.03. The Kier molecular flexibility index (Phi) is 4.19. The fourth-order valence-corrected chi connectivity index (χ4v) is 1.75. The molecule has 2 aromatic rings. The smallest absolute Gasteiger partial charge is 0.311 e. The van der Waals surface area contributed by atoms with E-state index in [9.17, 15) is 10.1 Å². The molecule has 1 aromatic carbocycles. The zero-order chi connectivity index (χ0) is 13.8. The van der Waals surface area contributed by atoms with Crippen molar-refractivity contribution in [3.8, 4) is 11.5 Å². The molecule has 7 heteroatoms. The number of halogens is 2. The van der Waals surface area contributed by atoms with Gasteiger partial charge in [0.1, 0.15) is 5.75 Å². The van der Waals surface area contributed by atoms with E-state index in [1.807, 2.05) is 0 Å². The first-order valence-electron chi connectivity index (χ1n) is 5.22. The quantitative estimate of drug-likeness (QED) is 0.482. The third-order valence-electron chi connectivity index (χ3n) is 2.27. The lowest BCUT2D eigenvalue weighted by Crippen LogP contribution is -1.94. The molecule has 0 aliphatic rings. The lowest BCUT2D eigenvalue weighted by atomic mass is 10.3. The molecule has 0 amide bonds. The molecule has 0 radical (unpaired) electrons. The van der Waals surface area contributed by atoms with Crippen molar-refractivity contribution in [1.82, 2.24) is 4.98 Å². The van der Waals surface area contributed by atoms with Crippen LogP contribution in [-0.4, -0.2) is 9.91 Å². The first-order chi connectivity index (χ1) is 9.10. The minimum absolute atomic E-state index is 0.0611. The van der Waals surface area contributed by atoms with Gasteiger partial charge in [0.15, 0.2) is 0 Å². The normalized spacial score (nSPS) is 10.2. The van der Waals surface area contributed by atoms with E-state index in [1.165, 1.54) is 24.4 Å². The zero-order valence-corrected chi connectivity index (χ0v) is 11.1. The molecule has 0 bridgehead atoms. The van der Waals surface area contributed by atoms with Crippen LogP contribution >= 0.6 is 23.2 Å². The fraction of sp³-hybridized carbons (Fsp3) is 0.0833. The van der Waals surface area contributed by atoms with E-state index < -0.39 is 4.92 Å². The molecule has 0 aliphatic heterocycles. The van der Waals surface area contributed by atoms with Gasteiger partial charge in [0.2, 0.25) is 5.75 Å². The molecule has 0 aliphatic carbocycles. The van der Waals surface area contributed by atoms with Crippen molar-refractivity contribution in [3.63, 3.8) is 0 Å². The topological polar surface area (TPSA) is 65.3 Å². The van der Waals surface area contributed by atoms with E-state index in [4.69, 9.17) is 27.9 Å². The number of benzene rings is 1. The van der Waals surface area contributed by atoms with Gasteiger partial charge in [0.05, 0.1) is 11.1 Å². The van der Waals surface area contributed by atoms with Crippen LogP contribution in [0.3, 0.4) is 0 Å². The van der Waals surface area contributed by atoms with Crippen molar-refractivity contribution < 1.29 is 9.66 Å². The number of hydrogen-bond donors (Lipinski definition) is 0. The van der Waals surface area contributed by atoms with Crippen LogP contribution in [-0.2, 0) is 5.88 Å². The molecule has 0 fully saturated rings. The van der Waals surface area contributed by atoms with Gasteiger partial charge in [-0.2, -0.15) is 0 Å². The molecule has 98 valence electrons. The minimum Gasteiger partial charge on any atom is -0.448 e. The summed E-state index contributed by atoms with van der Waals surface area (Å²) in [6, 6.07) is 5.76. The second-order valence-corrected chi connectivity index (χ2v) is 4.34. The maximum atomic E-state index is 10.9. The van der Waals surface area contributed by atoms with Gasteiger partial charge in [-0.05, 0) is 17.7 Å². The van der Waals surface area contributed by atoms with Gasteiger partial charge in [-0.3, -0.25) is 15.1 Å². The zero-order valence-electron chi connectivity index (χ0n) is 9.55. The van der Waals surface area contributed by atoms with E-state index in [2.05, 4.69) is 4.98 Å². The van der Waals surface area contributed by atoms with Gasteiger partial charge < -0.3 is 4.74 Å². The Hall–Kier alpha value is -1.85. The Morgan fingerprint density at radius 1 is 1.32 bits per heavy atom. The van der Waals surface area contributed by atoms with Gasteiger partial charge in [-0.1, -0.05) is 11.6 Å². The Morgan fingerprint density at radius 2 is 2.11 bits per heavy atom. The number of rotatable bonds is 4. The van der Waals surface area contributed by atoms with Crippen molar-refractivity contribution in [2.24, 2.45) is 0 Å². The predicted octanol–water partition coefficient (Wildman–Crippen LogP) is 4.17. The first kappa shape index (κ1) is 13.6. The highest BCUT2D eigenvalue weighted by atomic mass is 35.5. The van der Waals surface area contributed by atoms with E-state index >= 15 is 0 Å². The summed E-state index contributed by atoms with van der Waals surface area (Å²) < 4.78 is 5.45. The summed E-state index contributed by atoms with van der Waals surface area (Å²) in [7, 11) is 0. The summed E-state index contributed by atoms with van der Waals surface area (Å²) in [5, 5.41) is 11.2. The van der Waals surface area contributed by atoms with Crippen LogP contribution in [0.2, 0.25) is 5.02 Å². The van der Waals surface area contributed by atoms with E-state index in [0.717, 1.165) is 5.56 Å². The third kappa shape index (κ3) is 3.33. The van der Waals surface area contributed by atoms with Crippen LogP contribution in [0.1, 0.15) is 5.56 Å². The highest BCUT2D eigenvalue weighted by molar-refractivity contribution is 6.30. The number of pyridine rings is 1. The van der Waals surface area contributed by atoms with Crippen molar-refractivity contribution in [1.29, 1.82) is 0 Å². The lowest BCUT2D eigenvalue weighted by molar-refractivity contribution is -0.385. The molecule has 0 N–H and O–H groups in total.